The summed E-state index contributed by atoms with van der Waals surface area (Å²) in [5.74, 6) is -3.52. The Bertz CT molecular complexity index is 929. The van der Waals surface area contributed by atoms with Gasteiger partial charge in [-0.05, 0) is 61.3 Å². The number of benzene rings is 1. The summed E-state index contributed by atoms with van der Waals surface area (Å²) in [6, 6.07) is 2.71. The summed E-state index contributed by atoms with van der Waals surface area (Å²) in [6.07, 6.45) is -1.38. The van der Waals surface area contributed by atoms with E-state index in [0.29, 0.717) is 23.4 Å². The number of nitrogens with zero attached hydrogens (tertiary/aromatic N) is 1. The minimum atomic E-state index is -5.26. The Kier molecular flexibility index (Phi) is 7.92. The van der Waals surface area contributed by atoms with Gasteiger partial charge in [0.05, 0.1) is 6.61 Å². The van der Waals surface area contributed by atoms with Crippen LogP contribution in [0.15, 0.2) is 18.2 Å². The molecule has 2 atom stereocenters. The summed E-state index contributed by atoms with van der Waals surface area (Å²) in [6.45, 7) is -0.761. The van der Waals surface area contributed by atoms with Crippen molar-refractivity contribution in [3.8, 4) is 5.75 Å². The highest BCUT2D eigenvalue weighted by atomic mass is 35.5. The van der Waals surface area contributed by atoms with Gasteiger partial charge in [0, 0.05) is 29.7 Å². The maximum atomic E-state index is 12.4. The molecule has 1 aromatic rings. The molecule has 0 aromatic heterocycles. The van der Waals surface area contributed by atoms with Gasteiger partial charge in [-0.2, -0.15) is 13.2 Å². The molecule has 1 heterocycles. The third-order valence-corrected chi connectivity index (χ3v) is 6.46. The third-order valence-electron chi connectivity index (χ3n) is 6.14. The van der Waals surface area contributed by atoms with E-state index < -0.39 is 36.8 Å². The summed E-state index contributed by atoms with van der Waals surface area (Å²) in [5.41, 5.74) is 8.75. The minimum absolute atomic E-state index is 0.0348. The van der Waals surface area contributed by atoms with E-state index in [-0.39, 0.29) is 24.8 Å². The topological polar surface area (TPSA) is 113 Å². The second-order valence-corrected chi connectivity index (χ2v) is 8.68. The zero-order chi connectivity index (χ0) is 24.3. The Labute approximate surface area is 193 Å². The Hall–Kier alpha value is -2.30. The molecule has 0 bridgehead atoms. The van der Waals surface area contributed by atoms with Crippen molar-refractivity contribution in [2.75, 3.05) is 19.7 Å². The number of phenols is 1. The number of hydrogen-bond acceptors (Lipinski definition) is 6. The standard InChI is InChI=1S/C22H26ClF3N2O5/c23-16-9-15(17(30)10-14(16)12-3-1-2-4-12)19(27)13-5-7-28(8-6-13)20(31)18(11-29)33-21(32)22(24,25)26/h3,9-10,13,18-19,29-30H,1-2,4-8,11,27H2/t18-,19-/m1/s1. The predicted octanol–water partition coefficient (Wildman–Crippen LogP) is 3.32. The Morgan fingerprint density at radius 3 is 2.48 bits per heavy atom. The van der Waals surface area contributed by atoms with Crippen molar-refractivity contribution in [2.45, 2.75) is 50.4 Å². The van der Waals surface area contributed by atoms with E-state index in [0.717, 1.165) is 30.4 Å². The predicted molar refractivity (Wildman–Crippen MR) is 114 cm³/mol. The number of hydrogen-bond donors (Lipinski definition) is 3. The fourth-order valence-corrected chi connectivity index (χ4v) is 4.60. The molecular weight excluding hydrogens is 465 g/mol. The van der Waals surface area contributed by atoms with Crippen LogP contribution in [0.2, 0.25) is 5.02 Å². The molecule has 11 heteroatoms. The number of carbonyl (C=O) groups excluding carboxylic acids is 2. The molecule has 33 heavy (non-hydrogen) atoms. The zero-order valence-electron chi connectivity index (χ0n) is 17.8. The van der Waals surface area contributed by atoms with Gasteiger partial charge in [-0.3, -0.25) is 4.79 Å². The molecule has 0 spiro atoms. The average molecular weight is 491 g/mol. The lowest BCUT2D eigenvalue weighted by Gasteiger charge is -2.36. The van der Waals surface area contributed by atoms with Crippen LogP contribution in [0.25, 0.3) is 5.57 Å². The van der Waals surface area contributed by atoms with Gasteiger partial charge >= 0.3 is 12.1 Å². The van der Waals surface area contributed by atoms with Gasteiger partial charge in [0.1, 0.15) is 5.75 Å². The van der Waals surface area contributed by atoms with Gasteiger partial charge in [0.15, 0.2) is 0 Å². The maximum absolute atomic E-state index is 12.4. The maximum Gasteiger partial charge on any atom is 0.490 e. The fourth-order valence-electron chi connectivity index (χ4n) is 4.30. The number of nitrogens with two attached hydrogens (primary N) is 1. The van der Waals surface area contributed by atoms with Crippen LogP contribution in [0, 0.1) is 5.92 Å². The van der Waals surface area contributed by atoms with Crippen LogP contribution in [0.3, 0.4) is 0 Å². The van der Waals surface area contributed by atoms with Crippen molar-refractivity contribution >= 4 is 29.1 Å². The minimum Gasteiger partial charge on any atom is -0.508 e. The highest BCUT2D eigenvalue weighted by molar-refractivity contribution is 6.32. The number of alkyl halides is 3. The number of ether oxygens (including phenoxy) is 1. The molecule has 1 saturated heterocycles. The lowest BCUT2D eigenvalue weighted by molar-refractivity contribution is -0.208. The van der Waals surface area contributed by atoms with Crippen LogP contribution in [-0.2, 0) is 14.3 Å². The molecule has 1 amide bonds. The lowest BCUT2D eigenvalue weighted by atomic mass is 9.85. The number of amides is 1. The van der Waals surface area contributed by atoms with Crippen molar-refractivity contribution in [1.29, 1.82) is 0 Å². The number of aromatic hydroxyl groups is 1. The Morgan fingerprint density at radius 2 is 1.94 bits per heavy atom. The van der Waals surface area contributed by atoms with Crippen molar-refractivity contribution in [3.05, 3.63) is 34.4 Å². The molecule has 1 aliphatic carbocycles. The van der Waals surface area contributed by atoms with Gasteiger partial charge in [-0.1, -0.05) is 17.7 Å². The lowest BCUT2D eigenvalue weighted by Crippen LogP contribution is -2.48. The molecule has 2 aliphatic rings. The van der Waals surface area contributed by atoms with E-state index in [9.17, 15) is 33.0 Å². The van der Waals surface area contributed by atoms with E-state index >= 15 is 0 Å². The van der Waals surface area contributed by atoms with Crippen molar-refractivity contribution in [2.24, 2.45) is 11.7 Å². The summed E-state index contributed by atoms with van der Waals surface area (Å²) < 4.78 is 41.3. The molecule has 3 rings (SSSR count). The van der Waals surface area contributed by atoms with Crippen LogP contribution >= 0.6 is 11.6 Å². The fraction of sp³-hybridized carbons (Fsp3) is 0.545. The second-order valence-electron chi connectivity index (χ2n) is 8.28. The highest BCUT2D eigenvalue weighted by Crippen LogP contribution is 2.40. The van der Waals surface area contributed by atoms with Crippen LogP contribution in [0.1, 0.15) is 49.3 Å². The summed E-state index contributed by atoms with van der Waals surface area (Å²) in [4.78, 5) is 24.7. The van der Waals surface area contributed by atoms with Gasteiger partial charge in [0.25, 0.3) is 5.91 Å². The van der Waals surface area contributed by atoms with Crippen LogP contribution in [0.4, 0.5) is 13.2 Å². The number of piperidine rings is 1. The zero-order valence-corrected chi connectivity index (χ0v) is 18.5. The number of halogens is 4. The molecule has 1 fully saturated rings. The number of likely N-dealkylation sites (tertiary alicyclic amines) is 1. The molecule has 7 nitrogen and oxygen atoms in total. The van der Waals surface area contributed by atoms with Gasteiger partial charge in [-0.15, -0.1) is 0 Å². The smallest absolute Gasteiger partial charge is 0.490 e. The molecule has 0 saturated carbocycles. The number of rotatable bonds is 6. The van der Waals surface area contributed by atoms with Crippen LogP contribution in [0.5, 0.6) is 5.75 Å². The second kappa shape index (κ2) is 10.3. The number of aliphatic hydroxyl groups excluding tert-OH is 1. The number of carbonyl (C=O) groups is 2. The van der Waals surface area contributed by atoms with Crippen LogP contribution in [-0.4, -0.2) is 59.0 Å². The van der Waals surface area contributed by atoms with E-state index in [1.165, 1.54) is 4.90 Å². The first kappa shape index (κ1) is 25.3. The van der Waals surface area contributed by atoms with E-state index in [1.807, 2.05) is 0 Å². The number of esters is 1. The highest BCUT2D eigenvalue weighted by Gasteiger charge is 2.44. The van der Waals surface area contributed by atoms with E-state index in [4.69, 9.17) is 17.3 Å². The average Bonchev–Trinajstić information content (AvgIpc) is 3.31. The normalized spacial score (nSPS) is 19.2. The van der Waals surface area contributed by atoms with Crippen molar-refractivity contribution in [1.82, 2.24) is 4.90 Å². The molecule has 182 valence electrons. The van der Waals surface area contributed by atoms with Crippen molar-refractivity contribution in [3.63, 3.8) is 0 Å². The van der Waals surface area contributed by atoms with E-state index in [1.54, 1.807) is 12.1 Å². The molecule has 0 radical (unpaired) electrons. The Morgan fingerprint density at radius 1 is 1.27 bits per heavy atom. The molecule has 1 aromatic carbocycles. The number of allylic oxidation sites excluding steroid dienone is 2. The number of aliphatic hydroxyl groups is 1. The third kappa shape index (κ3) is 5.80. The first-order valence-corrected chi connectivity index (χ1v) is 11.1. The summed E-state index contributed by atoms with van der Waals surface area (Å²) in [7, 11) is 0. The molecule has 1 aliphatic heterocycles. The number of phenolic OH excluding ortho intramolecular Hbond substituents is 1. The van der Waals surface area contributed by atoms with Gasteiger partial charge < -0.3 is 25.6 Å². The molecule has 0 unspecified atom stereocenters. The molecule has 4 N–H and O–H groups in total. The first-order chi connectivity index (χ1) is 15.5. The SMILES string of the molecule is N[C@@H](c1cc(Cl)c(C2=CCCC2)cc1O)C1CCN(C(=O)[C@@H](CO)OC(=O)C(F)(F)F)CC1. The monoisotopic (exact) mass is 490 g/mol. The largest absolute Gasteiger partial charge is 0.508 e. The quantitative estimate of drug-likeness (QED) is 0.527. The summed E-state index contributed by atoms with van der Waals surface area (Å²) >= 11 is 6.45. The Balaban J connectivity index is 1.63. The van der Waals surface area contributed by atoms with Crippen LogP contribution < -0.4 is 5.73 Å². The van der Waals surface area contributed by atoms with Gasteiger partial charge in [0.2, 0.25) is 6.10 Å². The van der Waals surface area contributed by atoms with E-state index in [2.05, 4.69) is 10.8 Å². The molecular formula is C22H26ClF3N2O5. The first-order valence-electron chi connectivity index (χ1n) is 10.7. The van der Waals surface area contributed by atoms with Gasteiger partial charge in [-0.25, -0.2) is 4.79 Å². The summed E-state index contributed by atoms with van der Waals surface area (Å²) in [5, 5.41) is 20.3. The van der Waals surface area contributed by atoms with Crippen molar-refractivity contribution < 1.29 is 37.7 Å².